The van der Waals surface area contributed by atoms with Crippen molar-refractivity contribution in [1.29, 1.82) is 0 Å². The molecule has 0 saturated carbocycles. The second-order valence-corrected chi connectivity index (χ2v) is 7.85. The summed E-state index contributed by atoms with van der Waals surface area (Å²) in [6.45, 7) is 6.07. The molecule has 1 fully saturated rings. The average Bonchev–Trinajstić information content (AvgIpc) is 2.98. The second kappa shape index (κ2) is 9.77. The van der Waals surface area contributed by atoms with E-state index in [2.05, 4.69) is 0 Å². The van der Waals surface area contributed by atoms with Gasteiger partial charge in [0, 0.05) is 6.92 Å². The van der Waals surface area contributed by atoms with Gasteiger partial charge in [0.25, 0.3) is 5.91 Å². The molecule has 1 aliphatic rings. The minimum atomic E-state index is -0.431. The van der Waals surface area contributed by atoms with Gasteiger partial charge in [0.15, 0.2) is 15.8 Å². The molecule has 156 valence electrons. The quantitative estimate of drug-likeness (QED) is 0.263. The Kier molecular flexibility index (Phi) is 7.12. The van der Waals surface area contributed by atoms with Gasteiger partial charge < -0.3 is 14.2 Å². The SMILES string of the molecule is CCOc1ccc(N2C(=O)/C(=C\c3ccc(OC(C)=O)c(OCC)c3)SC2=S)cc1. The Morgan fingerprint density at radius 2 is 1.77 bits per heavy atom. The fourth-order valence-corrected chi connectivity index (χ4v) is 4.12. The monoisotopic (exact) mass is 443 g/mol. The van der Waals surface area contributed by atoms with Crippen molar-refractivity contribution in [2.24, 2.45) is 0 Å². The second-order valence-electron chi connectivity index (χ2n) is 6.18. The summed E-state index contributed by atoms with van der Waals surface area (Å²) < 4.78 is 16.6. The first kappa shape index (κ1) is 21.9. The number of carbonyl (C=O) groups excluding carboxylic acids is 2. The maximum Gasteiger partial charge on any atom is 0.308 e. The Morgan fingerprint density at radius 3 is 2.40 bits per heavy atom. The molecule has 0 radical (unpaired) electrons. The van der Waals surface area contributed by atoms with Gasteiger partial charge in [-0.1, -0.05) is 30.0 Å². The minimum Gasteiger partial charge on any atom is -0.494 e. The molecule has 8 heteroatoms. The third-order valence-electron chi connectivity index (χ3n) is 4.02. The number of nitrogens with zero attached hydrogens (tertiary/aromatic N) is 1. The van der Waals surface area contributed by atoms with E-state index in [1.165, 1.54) is 23.6 Å². The standard InChI is InChI=1S/C22H21NO5S2/c1-4-26-17-9-7-16(8-10-17)23-21(25)20(30-22(23)29)13-15-6-11-18(28-14(3)24)19(12-15)27-5-2/h6-13H,4-5H2,1-3H3/b20-13+. The number of hydrogen-bond acceptors (Lipinski definition) is 7. The first-order valence-electron chi connectivity index (χ1n) is 9.39. The van der Waals surface area contributed by atoms with Crippen molar-refractivity contribution in [1.82, 2.24) is 0 Å². The number of thiocarbonyl (C=S) groups is 1. The molecule has 6 nitrogen and oxygen atoms in total. The lowest BCUT2D eigenvalue weighted by molar-refractivity contribution is -0.132. The molecule has 1 aliphatic heterocycles. The molecule has 1 amide bonds. The molecule has 0 unspecified atom stereocenters. The van der Waals surface area contributed by atoms with Gasteiger partial charge in [0.1, 0.15) is 5.75 Å². The molecule has 3 rings (SSSR count). The van der Waals surface area contributed by atoms with Gasteiger partial charge in [0.05, 0.1) is 23.8 Å². The van der Waals surface area contributed by atoms with Gasteiger partial charge in [-0.3, -0.25) is 14.5 Å². The molecule has 2 aromatic carbocycles. The fourth-order valence-electron chi connectivity index (χ4n) is 2.82. The van der Waals surface area contributed by atoms with Crippen LogP contribution in [-0.2, 0) is 9.59 Å². The van der Waals surface area contributed by atoms with Crippen LogP contribution in [0.3, 0.4) is 0 Å². The lowest BCUT2D eigenvalue weighted by Crippen LogP contribution is -2.27. The largest absolute Gasteiger partial charge is 0.494 e. The summed E-state index contributed by atoms with van der Waals surface area (Å²) in [6.07, 6.45) is 1.74. The number of anilines is 1. The molecule has 1 saturated heterocycles. The summed E-state index contributed by atoms with van der Waals surface area (Å²) in [6, 6.07) is 12.4. The fraction of sp³-hybridized carbons (Fsp3) is 0.227. The lowest BCUT2D eigenvalue weighted by atomic mass is 10.1. The molecule has 0 atom stereocenters. The van der Waals surface area contributed by atoms with Crippen LogP contribution in [0.2, 0.25) is 0 Å². The lowest BCUT2D eigenvalue weighted by Gasteiger charge is -2.15. The summed E-state index contributed by atoms with van der Waals surface area (Å²) in [5.41, 5.74) is 1.42. The van der Waals surface area contributed by atoms with Crippen molar-refractivity contribution < 1.29 is 23.8 Å². The van der Waals surface area contributed by atoms with Crippen LogP contribution in [0, 0.1) is 0 Å². The van der Waals surface area contributed by atoms with Crippen molar-refractivity contribution in [3.05, 3.63) is 52.9 Å². The van der Waals surface area contributed by atoms with E-state index in [1.807, 2.05) is 26.0 Å². The van der Waals surface area contributed by atoms with Crippen molar-refractivity contribution >= 4 is 51.9 Å². The number of thioether (sulfide) groups is 1. The van der Waals surface area contributed by atoms with Crippen LogP contribution in [0.15, 0.2) is 47.4 Å². The van der Waals surface area contributed by atoms with E-state index in [0.717, 1.165) is 11.3 Å². The number of amides is 1. The minimum absolute atomic E-state index is 0.198. The molecule has 0 bridgehead atoms. The van der Waals surface area contributed by atoms with Crippen LogP contribution in [-0.4, -0.2) is 29.4 Å². The topological polar surface area (TPSA) is 65.1 Å². The van der Waals surface area contributed by atoms with E-state index in [4.69, 9.17) is 26.4 Å². The normalized spacial score (nSPS) is 14.9. The summed E-state index contributed by atoms with van der Waals surface area (Å²) >= 11 is 6.66. The molecule has 0 N–H and O–H groups in total. The predicted octanol–water partition coefficient (Wildman–Crippen LogP) is 4.82. The number of hydrogen-bond donors (Lipinski definition) is 0. The van der Waals surface area contributed by atoms with E-state index in [0.29, 0.717) is 39.6 Å². The highest BCUT2D eigenvalue weighted by molar-refractivity contribution is 8.27. The van der Waals surface area contributed by atoms with Crippen molar-refractivity contribution in [2.75, 3.05) is 18.1 Å². The van der Waals surface area contributed by atoms with E-state index in [1.54, 1.807) is 36.4 Å². The van der Waals surface area contributed by atoms with Crippen LogP contribution in [0.25, 0.3) is 6.08 Å². The number of ether oxygens (including phenoxy) is 3. The molecule has 30 heavy (non-hydrogen) atoms. The Bertz CT molecular complexity index is 1000. The summed E-state index contributed by atoms with van der Waals surface area (Å²) in [5.74, 6) is 0.876. The van der Waals surface area contributed by atoms with E-state index < -0.39 is 5.97 Å². The zero-order valence-corrected chi connectivity index (χ0v) is 18.5. The van der Waals surface area contributed by atoms with Crippen LogP contribution in [0.5, 0.6) is 17.2 Å². The van der Waals surface area contributed by atoms with E-state index >= 15 is 0 Å². The number of rotatable bonds is 7. The van der Waals surface area contributed by atoms with Crippen LogP contribution in [0.4, 0.5) is 5.69 Å². The zero-order valence-electron chi connectivity index (χ0n) is 16.8. The predicted molar refractivity (Wildman–Crippen MR) is 122 cm³/mol. The number of esters is 1. The third-order valence-corrected chi connectivity index (χ3v) is 5.32. The number of benzene rings is 2. The Balaban J connectivity index is 1.85. The van der Waals surface area contributed by atoms with Gasteiger partial charge in [0.2, 0.25) is 0 Å². The summed E-state index contributed by atoms with van der Waals surface area (Å²) in [7, 11) is 0. The van der Waals surface area contributed by atoms with Crippen molar-refractivity contribution in [3.8, 4) is 17.2 Å². The van der Waals surface area contributed by atoms with Crippen molar-refractivity contribution in [2.45, 2.75) is 20.8 Å². The molecule has 0 aliphatic carbocycles. The Hall–Kier alpha value is -2.84. The zero-order chi connectivity index (χ0) is 21.7. The summed E-state index contributed by atoms with van der Waals surface area (Å²) in [4.78, 5) is 26.2. The highest BCUT2D eigenvalue weighted by Crippen LogP contribution is 2.37. The Labute approximate surface area is 184 Å². The number of carbonyl (C=O) groups is 2. The van der Waals surface area contributed by atoms with E-state index in [-0.39, 0.29) is 5.91 Å². The summed E-state index contributed by atoms with van der Waals surface area (Å²) in [5, 5.41) is 0. The highest BCUT2D eigenvalue weighted by atomic mass is 32.2. The maximum absolute atomic E-state index is 13.0. The van der Waals surface area contributed by atoms with Gasteiger partial charge >= 0.3 is 5.97 Å². The molecule has 2 aromatic rings. The van der Waals surface area contributed by atoms with Crippen LogP contribution >= 0.6 is 24.0 Å². The van der Waals surface area contributed by atoms with Gasteiger partial charge in [-0.15, -0.1) is 0 Å². The van der Waals surface area contributed by atoms with Gasteiger partial charge in [-0.05, 0) is 61.9 Å². The van der Waals surface area contributed by atoms with Crippen molar-refractivity contribution in [3.63, 3.8) is 0 Å². The van der Waals surface area contributed by atoms with Crippen LogP contribution in [0.1, 0.15) is 26.3 Å². The molecular formula is C22H21NO5S2. The average molecular weight is 444 g/mol. The molecule has 0 spiro atoms. The molecular weight excluding hydrogens is 422 g/mol. The molecule has 0 aromatic heterocycles. The third kappa shape index (κ3) is 5.01. The van der Waals surface area contributed by atoms with Crippen LogP contribution < -0.4 is 19.1 Å². The smallest absolute Gasteiger partial charge is 0.308 e. The van der Waals surface area contributed by atoms with Gasteiger partial charge in [-0.25, -0.2) is 0 Å². The first-order valence-corrected chi connectivity index (χ1v) is 10.6. The highest BCUT2D eigenvalue weighted by Gasteiger charge is 2.33. The first-order chi connectivity index (χ1) is 14.4. The Morgan fingerprint density at radius 1 is 1.07 bits per heavy atom. The van der Waals surface area contributed by atoms with Gasteiger partial charge in [-0.2, -0.15) is 0 Å². The molecule has 1 heterocycles. The van der Waals surface area contributed by atoms with E-state index in [9.17, 15) is 9.59 Å². The maximum atomic E-state index is 13.0.